The van der Waals surface area contributed by atoms with Crippen molar-refractivity contribution in [2.75, 3.05) is 11.9 Å². The first-order valence-corrected chi connectivity index (χ1v) is 7.28. The van der Waals surface area contributed by atoms with Gasteiger partial charge in [0, 0.05) is 17.8 Å². The van der Waals surface area contributed by atoms with Gasteiger partial charge in [-0.15, -0.1) is 0 Å². The Morgan fingerprint density at radius 2 is 2.26 bits per heavy atom. The van der Waals surface area contributed by atoms with Crippen molar-refractivity contribution in [3.05, 3.63) is 30.1 Å². The molecule has 2 unspecified atom stereocenters. The molecule has 3 heteroatoms. The summed E-state index contributed by atoms with van der Waals surface area (Å²) in [5, 5.41) is 3.50. The van der Waals surface area contributed by atoms with Crippen LogP contribution >= 0.6 is 0 Å². The number of benzene rings is 1. The molecule has 2 atom stereocenters. The van der Waals surface area contributed by atoms with E-state index in [0.717, 1.165) is 18.5 Å². The van der Waals surface area contributed by atoms with E-state index in [0.29, 0.717) is 18.4 Å². The summed E-state index contributed by atoms with van der Waals surface area (Å²) in [5.74, 6) is 1.19. The fourth-order valence-electron chi connectivity index (χ4n) is 3.20. The number of hydrogen-bond acceptors (Lipinski definition) is 2. The topological polar surface area (TPSA) is 38.0 Å². The van der Waals surface area contributed by atoms with Crippen molar-refractivity contribution in [2.24, 2.45) is 17.6 Å². The molecule has 106 valence electrons. The molecule has 1 aliphatic carbocycles. The van der Waals surface area contributed by atoms with Crippen LogP contribution in [0.1, 0.15) is 39.5 Å². The van der Waals surface area contributed by atoms with Gasteiger partial charge in [-0.3, -0.25) is 0 Å². The van der Waals surface area contributed by atoms with E-state index < -0.39 is 0 Å². The Balaban J connectivity index is 2.13. The molecule has 2 rings (SSSR count). The van der Waals surface area contributed by atoms with E-state index in [1.807, 2.05) is 6.07 Å². The zero-order valence-corrected chi connectivity index (χ0v) is 12.0. The van der Waals surface area contributed by atoms with E-state index in [1.165, 1.54) is 18.9 Å². The lowest BCUT2D eigenvalue weighted by Gasteiger charge is -2.43. The molecule has 1 aliphatic rings. The SMILES string of the molecule is CC(C)C1CCCC(CN)(Nc2cccc(F)c2)C1. The second-order valence-corrected chi connectivity index (χ2v) is 6.22. The van der Waals surface area contributed by atoms with Gasteiger partial charge in [-0.1, -0.05) is 32.8 Å². The average Bonchev–Trinajstić information content (AvgIpc) is 2.39. The zero-order valence-electron chi connectivity index (χ0n) is 12.0. The summed E-state index contributed by atoms with van der Waals surface area (Å²) in [5.41, 5.74) is 6.80. The molecule has 1 aromatic carbocycles. The van der Waals surface area contributed by atoms with Gasteiger partial charge in [0.1, 0.15) is 5.82 Å². The van der Waals surface area contributed by atoms with E-state index in [-0.39, 0.29) is 11.4 Å². The molecule has 0 heterocycles. The molecule has 3 N–H and O–H groups in total. The average molecular weight is 264 g/mol. The molecule has 1 fully saturated rings. The van der Waals surface area contributed by atoms with Crippen molar-refractivity contribution in [2.45, 2.75) is 45.1 Å². The molecule has 0 radical (unpaired) electrons. The molecule has 0 saturated heterocycles. The van der Waals surface area contributed by atoms with Gasteiger partial charge in [-0.2, -0.15) is 0 Å². The second-order valence-electron chi connectivity index (χ2n) is 6.22. The van der Waals surface area contributed by atoms with Crippen molar-refractivity contribution in [3.8, 4) is 0 Å². The van der Waals surface area contributed by atoms with E-state index in [9.17, 15) is 4.39 Å². The number of hydrogen-bond donors (Lipinski definition) is 2. The highest BCUT2D eigenvalue weighted by Crippen LogP contribution is 2.38. The summed E-state index contributed by atoms with van der Waals surface area (Å²) < 4.78 is 13.3. The largest absolute Gasteiger partial charge is 0.378 e. The number of halogens is 1. The third kappa shape index (κ3) is 3.47. The Morgan fingerprint density at radius 1 is 1.47 bits per heavy atom. The third-order valence-electron chi connectivity index (χ3n) is 4.45. The van der Waals surface area contributed by atoms with Crippen LogP contribution in [0.3, 0.4) is 0 Å². The van der Waals surface area contributed by atoms with Gasteiger partial charge in [0.15, 0.2) is 0 Å². The molecule has 1 saturated carbocycles. The van der Waals surface area contributed by atoms with Crippen LogP contribution in [-0.4, -0.2) is 12.1 Å². The fourth-order valence-corrected chi connectivity index (χ4v) is 3.20. The standard InChI is InChI=1S/C16H25FN2/c1-12(2)13-5-4-8-16(10-13,11-18)19-15-7-3-6-14(17)9-15/h3,6-7,9,12-13,19H,4-5,8,10-11,18H2,1-2H3. The Kier molecular flexibility index (Phi) is 4.46. The van der Waals surface area contributed by atoms with Crippen LogP contribution in [0, 0.1) is 17.7 Å². The van der Waals surface area contributed by atoms with Gasteiger partial charge in [0.25, 0.3) is 0 Å². The molecule has 0 bridgehead atoms. The van der Waals surface area contributed by atoms with Crippen LogP contribution in [0.2, 0.25) is 0 Å². The maximum atomic E-state index is 13.3. The third-order valence-corrected chi connectivity index (χ3v) is 4.45. The maximum absolute atomic E-state index is 13.3. The first-order chi connectivity index (χ1) is 9.04. The second kappa shape index (κ2) is 5.91. The monoisotopic (exact) mass is 264 g/mol. The number of nitrogens with one attached hydrogen (secondary N) is 1. The molecule has 19 heavy (non-hydrogen) atoms. The van der Waals surface area contributed by atoms with Crippen molar-refractivity contribution in [1.82, 2.24) is 0 Å². The Bertz CT molecular complexity index is 419. The van der Waals surface area contributed by atoms with Crippen LogP contribution < -0.4 is 11.1 Å². The van der Waals surface area contributed by atoms with Crippen LogP contribution in [-0.2, 0) is 0 Å². The van der Waals surface area contributed by atoms with Gasteiger partial charge in [-0.25, -0.2) is 4.39 Å². The number of anilines is 1. The van der Waals surface area contributed by atoms with E-state index in [4.69, 9.17) is 5.73 Å². The molecule has 0 spiro atoms. The van der Waals surface area contributed by atoms with Crippen LogP contribution in [0.15, 0.2) is 24.3 Å². The summed E-state index contributed by atoms with van der Waals surface area (Å²) in [6.07, 6.45) is 4.63. The van der Waals surface area contributed by atoms with Crippen LogP contribution in [0.5, 0.6) is 0 Å². The molecule has 0 aliphatic heterocycles. The minimum Gasteiger partial charge on any atom is -0.378 e. The maximum Gasteiger partial charge on any atom is 0.125 e. The van der Waals surface area contributed by atoms with Gasteiger partial charge in [0.05, 0.1) is 0 Å². The zero-order chi connectivity index (χ0) is 13.9. The molecular formula is C16H25FN2. The number of rotatable bonds is 4. The quantitative estimate of drug-likeness (QED) is 0.868. The van der Waals surface area contributed by atoms with E-state index in [2.05, 4.69) is 19.2 Å². The molecule has 0 amide bonds. The highest BCUT2D eigenvalue weighted by atomic mass is 19.1. The van der Waals surface area contributed by atoms with Crippen molar-refractivity contribution >= 4 is 5.69 Å². The highest BCUT2D eigenvalue weighted by molar-refractivity contribution is 5.46. The predicted molar refractivity (Wildman–Crippen MR) is 78.6 cm³/mol. The first kappa shape index (κ1) is 14.3. The summed E-state index contributed by atoms with van der Waals surface area (Å²) in [7, 11) is 0. The van der Waals surface area contributed by atoms with Crippen LogP contribution in [0.25, 0.3) is 0 Å². The van der Waals surface area contributed by atoms with Crippen molar-refractivity contribution in [3.63, 3.8) is 0 Å². The normalized spacial score (nSPS) is 27.5. The molecule has 1 aromatic rings. The minimum absolute atomic E-state index is 0.0685. The summed E-state index contributed by atoms with van der Waals surface area (Å²) in [6.45, 7) is 5.16. The summed E-state index contributed by atoms with van der Waals surface area (Å²) >= 11 is 0. The fraction of sp³-hybridized carbons (Fsp3) is 0.625. The summed E-state index contributed by atoms with van der Waals surface area (Å²) in [4.78, 5) is 0. The minimum atomic E-state index is -0.201. The van der Waals surface area contributed by atoms with Gasteiger partial charge < -0.3 is 11.1 Å². The van der Waals surface area contributed by atoms with Gasteiger partial charge in [0.2, 0.25) is 0 Å². The lowest BCUT2D eigenvalue weighted by molar-refractivity contribution is 0.203. The molecule has 2 nitrogen and oxygen atoms in total. The van der Waals surface area contributed by atoms with E-state index >= 15 is 0 Å². The first-order valence-electron chi connectivity index (χ1n) is 7.28. The highest BCUT2D eigenvalue weighted by Gasteiger charge is 2.36. The Labute approximate surface area is 115 Å². The number of nitrogens with two attached hydrogens (primary N) is 1. The smallest absolute Gasteiger partial charge is 0.125 e. The van der Waals surface area contributed by atoms with Crippen molar-refractivity contribution in [1.29, 1.82) is 0 Å². The predicted octanol–water partition coefficient (Wildman–Crippen LogP) is 3.78. The van der Waals surface area contributed by atoms with Gasteiger partial charge in [-0.05, 0) is 42.9 Å². The summed E-state index contributed by atoms with van der Waals surface area (Å²) in [6, 6.07) is 6.68. The lowest BCUT2D eigenvalue weighted by Crippen LogP contribution is -2.49. The molecular weight excluding hydrogens is 239 g/mol. The lowest BCUT2D eigenvalue weighted by atomic mass is 9.71. The van der Waals surface area contributed by atoms with E-state index in [1.54, 1.807) is 12.1 Å². The van der Waals surface area contributed by atoms with Gasteiger partial charge >= 0.3 is 0 Å². The van der Waals surface area contributed by atoms with Crippen molar-refractivity contribution < 1.29 is 4.39 Å². The Hall–Kier alpha value is -1.09. The Morgan fingerprint density at radius 3 is 2.89 bits per heavy atom. The molecule has 0 aromatic heterocycles. The van der Waals surface area contributed by atoms with Crippen LogP contribution in [0.4, 0.5) is 10.1 Å².